The zero-order valence-electron chi connectivity index (χ0n) is 26.3. The van der Waals surface area contributed by atoms with E-state index < -0.39 is 41.5 Å². The number of nitrogens with one attached hydrogen (secondary N) is 3. The number of guanidine groups is 1. The Morgan fingerprint density at radius 2 is 1.30 bits per heavy atom. The SMILES string of the molecule is COC(=O)[C@H](CCCN=C(NC(=O)OC(C)(C)C)NC(=O)OC(C)(C)C)NC(=O)OCC1c2ccccc2-c2ccccc21. The average molecular weight is 611 g/mol. The summed E-state index contributed by atoms with van der Waals surface area (Å²) < 4.78 is 20.9. The number of hydrogen-bond acceptors (Lipinski definition) is 9. The lowest BCUT2D eigenvalue weighted by molar-refractivity contribution is -0.143. The topological polar surface area (TPSA) is 154 Å². The van der Waals surface area contributed by atoms with E-state index in [1.165, 1.54) is 7.11 Å². The lowest BCUT2D eigenvalue weighted by atomic mass is 9.98. The predicted octanol–water partition coefficient (Wildman–Crippen LogP) is 5.25. The first kappa shape index (κ1) is 33.9. The Kier molecular flexibility index (Phi) is 11.3. The fraction of sp³-hybridized carbons (Fsp3) is 0.469. The number of alkyl carbamates (subject to hydrolysis) is 3. The second-order valence-electron chi connectivity index (χ2n) is 12.2. The van der Waals surface area contributed by atoms with E-state index in [2.05, 4.69) is 20.9 Å². The van der Waals surface area contributed by atoms with Crippen LogP contribution in [0.5, 0.6) is 0 Å². The first-order valence-electron chi connectivity index (χ1n) is 14.4. The number of aliphatic imine (C=N–C) groups is 1. The molecule has 0 saturated heterocycles. The number of fused-ring (bicyclic) bond motifs is 3. The molecular formula is C32H42N4O8. The van der Waals surface area contributed by atoms with Crippen LogP contribution in [0.4, 0.5) is 14.4 Å². The quantitative estimate of drug-likeness (QED) is 0.120. The number of carbonyl (C=O) groups excluding carboxylic acids is 4. The van der Waals surface area contributed by atoms with E-state index in [1.807, 2.05) is 48.5 Å². The third kappa shape index (κ3) is 10.3. The van der Waals surface area contributed by atoms with Gasteiger partial charge in [0.1, 0.15) is 23.9 Å². The minimum absolute atomic E-state index is 0.0702. The molecule has 2 aromatic rings. The first-order valence-corrected chi connectivity index (χ1v) is 14.4. The minimum Gasteiger partial charge on any atom is -0.467 e. The summed E-state index contributed by atoms with van der Waals surface area (Å²) in [4.78, 5) is 54.0. The molecule has 3 N–H and O–H groups in total. The van der Waals surface area contributed by atoms with Crippen molar-refractivity contribution in [3.63, 3.8) is 0 Å². The molecule has 3 amide bonds. The molecule has 0 radical (unpaired) electrons. The number of hydrogen-bond donors (Lipinski definition) is 3. The number of rotatable bonds is 8. The summed E-state index contributed by atoms with van der Waals surface area (Å²) in [6.45, 7) is 10.3. The van der Waals surface area contributed by atoms with Crippen LogP contribution < -0.4 is 16.0 Å². The highest BCUT2D eigenvalue weighted by atomic mass is 16.6. The molecule has 0 aromatic heterocycles. The Morgan fingerprint density at radius 1 is 0.795 bits per heavy atom. The molecule has 0 saturated carbocycles. The summed E-state index contributed by atoms with van der Waals surface area (Å²) in [6, 6.07) is 15.0. The Bertz CT molecular complexity index is 1300. The largest absolute Gasteiger partial charge is 0.467 e. The predicted molar refractivity (Wildman–Crippen MR) is 164 cm³/mol. The van der Waals surface area contributed by atoms with E-state index in [9.17, 15) is 19.2 Å². The highest BCUT2D eigenvalue weighted by molar-refractivity contribution is 6.01. The Morgan fingerprint density at radius 3 is 1.77 bits per heavy atom. The highest BCUT2D eigenvalue weighted by Crippen LogP contribution is 2.44. The van der Waals surface area contributed by atoms with Crippen molar-refractivity contribution in [2.45, 2.75) is 77.5 Å². The summed E-state index contributed by atoms with van der Waals surface area (Å²) in [6.07, 6.45) is -1.98. The fourth-order valence-electron chi connectivity index (χ4n) is 4.57. The van der Waals surface area contributed by atoms with E-state index >= 15 is 0 Å². The van der Waals surface area contributed by atoms with Gasteiger partial charge in [-0.3, -0.25) is 15.6 Å². The van der Waals surface area contributed by atoms with Crippen molar-refractivity contribution in [1.29, 1.82) is 0 Å². The van der Waals surface area contributed by atoms with Crippen molar-refractivity contribution in [2.75, 3.05) is 20.3 Å². The molecule has 0 unspecified atom stereocenters. The van der Waals surface area contributed by atoms with Crippen LogP contribution >= 0.6 is 0 Å². The van der Waals surface area contributed by atoms with Gasteiger partial charge >= 0.3 is 24.2 Å². The maximum atomic E-state index is 12.8. The molecule has 1 aliphatic carbocycles. The number of amides is 3. The summed E-state index contributed by atoms with van der Waals surface area (Å²) >= 11 is 0. The molecule has 238 valence electrons. The minimum atomic E-state index is -1.01. The van der Waals surface area contributed by atoms with Crippen molar-refractivity contribution >= 4 is 30.2 Å². The lowest BCUT2D eigenvalue weighted by Gasteiger charge is -2.22. The zero-order valence-corrected chi connectivity index (χ0v) is 26.3. The van der Waals surface area contributed by atoms with Gasteiger partial charge in [-0.25, -0.2) is 19.2 Å². The van der Waals surface area contributed by atoms with Crippen molar-refractivity contribution in [1.82, 2.24) is 16.0 Å². The molecule has 1 aliphatic rings. The molecular weight excluding hydrogens is 568 g/mol. The molecule has 0 heterocycles. The standard InChI is InChI=1S/C32H42N4O8/c1-31(2,3)43-29(39)35-27(36-30(40)44-32(4,5)6)33-18-12-17-25(26(37)41-7)34-28(38)42-19-24-22-15-10-8-13-20(22)21-14-9-11-16-23(21)24/h8-11,13-16,24-25H,12,17-19H2,1-7H3,(H,34,38)(H2,33,35,36,39,40)/t25-/m0/s1. The summed E-state index contributed by atoms with van der Waals surface area (Å²) in [5.41, 5.74) is 2.79. The number of nitrogens with zero attached hydrogens (tertiary/aromatic N) is 1. The molecule has 44 heavy (non-hydrogen) atoms. The fourth-order valence-corrected chi connectivity index (χ4v) is 4.57. The average Bonchev–Trinajstić information content (AvgIpc) is 3.24. The molecule has 12 nitrogen and oxygen atoms in total. The second kappa shape index (κ2) is 14.7. The molecule has 0 bridgehead atoms. The van der Waals surface area contributed by atoms with Gasteiger partial charge in [0.25, 0.3) is 0 Å². The smallest absolute Gasteiger partial charge is 0.414 e. The molecule has 2 aromatic carbocycles. The van der Waals surface area contributed by atoms with Gasteiger partial charge in [0.05, 0.1) is 7.11 Å². The monoisotopic (exact) mass is 610 g/mol. The van der Waals surface area contributed by atoms with E-state index in [4.69, 9.17) is 18.9 Å². The molecule has 0 fully saturated rings. The van der Waals surface area contributed by atoms with Gasteiger partial charge < -0.3 is 24.3 Å². The van der Waals surface area contributed by atoms with Crippen LogP contribution in [-0.2, 0) is 23.7 Å². The van der Waals surface area contributed by atoms with Crippen molar-refractivity contribution in [2.24, 2.45) is 4.99 Å². The van der Waals surface area contributed by atoms with Gasteiger partial charge in [-0.2, -0.15) is 0 Å². The van der Waals surface area contributed by atoms with Crippen LogP contribution in [0.1, 0.15) is 71.4 Å². The van der Waals surface area contributed by atoms with Crippen LogP contribution in [0.3, 0.4) is 0 Å². The molecule has 3 rings (SSSR count). The normalized spacial score (nSPS) is 13.0. The summed E-state index contributed by atoms with van der Waals surface area (Å²) in [7, 11) is 1.22. The van der Waals surface area contributed by atoms with Crippen LogP contribution in [0, 0.1) is 0 Å². The van der Waals surface area contributed by atoms with Crippen molar-refractivity contribution in [3.8, 4) is 11.1 Å². The van der Waals surface area contributed by atoms with E-state index in [-0.39, 0.29) is 37.9 Å². The van der Waals surface area contributed by atoms with Gasteiger partial charge in [0.2, 0.25) is 5.96 Å². The Hall–Kier alpha value is -4.61. The van der Waals surface area contributed by atoms with Gasteiger partial charge in [0, 0.05) is 12.5 Å². The van der Waals surface area contributed by atoms with Crippen LogP contribution in [0.15, 0.2) is 53.5 Å². The number of benzene rings is 2. The first-order chi connectivity index (χ1) is 20.7. The van der Waals surface area contributed by atoms with E-state index in [0.29, 0.717) is 0 Å². The summed E-state index contributed by atoms with van der Waals surface area (Å²) in [5.74, 6) is -0.971. The lowest BCUT2D eigenvalue weighted by Crippen LogP contribution is -2.47. The van der Waals surface area contributed by atoms with Gasteiger partial charge in [0.15, 0.2) is 0 Å². The Labute approximate surface area is 257 Å². The summed E-state index contributed by atoms with van der Waals surface area (Å²) in [5, 5.41) is 7.38. The third-order valence-electron chi connectivity index (χ3n) is 6.28. The van der Waals surface area contributed by atoms with Gasteiger partial charge in [-0.05, 0) is 76.6 Å². The second-order valence-corrected chi connectivity index (χ2v) is 12.2. The number of ether oxygens (including phenoxy) is 4. The molecule has 0 spiro atoms. The molecule has 0 aliphatic heterocycles. The van der Waals surface area contributed by atoms with E-state index in [1.54, 1.807) is 41.5 Å². The molecule has 1 atom stereocenters. The maximum Gasteiger partial charge on any atom is 0.414 e. The van der Waals surface area contributed by atoms with Crippen molar-refractivity contribution < 1.29 is 38.1 Å². The number of esters is 1. The Balaban J connectivity index is 1.59. The van der Waals surface area contributed by atoms with E-state index in [0.717, 1.165) is 22.3 Å². The highest BCUT2D eigenvalue weighted by Gasteiger charge is 2.30. The van der Waals surface area contributed by atoms with Crippen LogP contribution in [-0.4, -0.2) is 67.7 Å². The van der Waals surface area contributed by atoms with Gasteiger partial charge in [-0.15, -0.1) is 0 Å². The van der Waals surface area contributed by atoms with Crippen LogP contribution in [0.2, 0.25) is 0 Å². The van der Waals surface area contributed by atoms with Crippen LogP contribution in [0.25, 0.3) is 11.1 Å². The third-order valence-corrected chi connectivity index (χ3v) is 6.28. The number of carbonyl (C=O) groups is 4. The number of methoxy groups -OCH3 is 1. The van der Waals surface area contributed by atoms with Crippen molar-refractivity contribution in [3.05, 3.63) is 59.7 Å². The molecule has 12 heteroatoms. The maximum absolute atomic E-state index is 12.8. The zero-order chi connectivity index (χ0) is 32.5. The van der Waals surface area contributed by atoms with Gasteiger partial charge in [-0.1, -0.05) is 48.5 Å².